The molecule has 0 heterocycles. The summed E-state index contributed by atoms with van der Waals surface area (Å²) < 4.78 is 0. The van der Waals surface area contributed by atoms with Gasteiger partial charge in [0, 0.05) is 16.9 Å². The summed E-state index contributed by atoms with van der Waals surface area (Å²) in [5, 5.41) is 2.45. The maximum atomic E-state index is 2.55. The topological polar surface area (TPSA) is 3.24 Å². The largest absolute Gasteiger partial charge is 0.310 e. The lowest BCUT2D eigenvalue weighted by atomic mass is 9.66. The van der Waals surface area contributed by atoms with E-state index in [0.717, 1.165) is 17.1 Å². The maximum Gasteiger partial charge on any atom is 0.0720 e. The molecule has 0 aromatic heterocycles. The zero-order valence-electron chi connectivity index (χ0n) is 36.9. The second-order valence-electron chi connectivity index (χ2n) is 17.9. The summed E-state index contributed by atoms with van der Waals surface area (Å²) in [5.41, 5.74) is 19.7. The van der Waals surface area contributed by atoms with Gasteiger partial charge in [0.15, 0.2) is 0 Å². The molecule has 0 saturated carbocycles. The molecule has 1 nitrogen and oxygen atoms in total. The Morgan fingerprint density at radius 3 is 1.31 bits per heavy atom. The summed E-state index contributed by atoms with van der Waals surface area (Å²) in [6.45, 7) is 0. The Labute approximate surface area is 392 Å². The van der Waals surface area contributed by atoms with E-state index >= 15 is 0 Å². The zero-order valence-corrected chi connectivity index (χ0v) is 36.9. The summed E-state index contributed by atoms with van der Waals surface area (Å²) in [4.78, 5) is 2.55. The van der Waals surface area contributed by atoms with E-state index in [4.69, 9.17) is 0 Å². The van der Waals surface area contributed by atoms with Gasteiger partial charge >= 0.3 is 0 Å². The van der Waals surface area contributed by atoms with Crippen LogP contribution in [0, 0.1) is 0 Å². The fourth-order valence-electron chi connectivity index (χ4n) is 11.9. The van der Waals surface area contributed by atoms with Crippen molar-refractivity contribution in [2.75, 3.05) is 4.90 Å². The predicted octanol–water partition coefficient (Wildman–Crippen LogP) is 16.7. The number of nitrogens with zero attached hydrogens (tertiary/aromatic N) is 1. The van der Waals surface area contributed by atoms with Gasteiger partial charge in [-0.05, 0) is 113 Å². The standard InChI is InChI=1S/C66H45N/c1-6-22-46(23-7-1)47-38-40-53(41-39-47)67(54-42-43-57-56-34-18-20-36-59(56)65(61(57)45-54,49-25-8-2-9-26-49)50-27-10-3-11-28-50)62-44-48-24-16-17-33-55(48)64-63(62)58-35-19-21-37-60(58)66(64,51-29-12-4-13-30-51)52-31-14-5-15-32-52/h1-45H. The van der Waals surface area contributed by atoms with Crippen LogP contribution in [0.1, 0.15) is 44.5 Å². The first kappa shape index (κ1) is 38.9. The number of hydrogen-bond donors (Lipinski definition) is 0. The van der Waals surface area contributed by atoms with Crippen LogP contribution in [-0.2, 0) is 10.8 Å². The second kappa shape index (κ2) is 15.6. The molecule has 0 N–H and O–H groups in total. The minimum atomic E-state index is -0.595. The first-order valence-electron chi connectivity index (χ1n) is 23.3. The van der Waals surface area contributed by atoms with Gasteiger partial charge in [0.25, 0.3) is 0 Å². The first-order chi connectivity index (χ1) is 33.3. The van der Waals surface area contributed by atoms with Crippen LogP contribution in [0.5, 0.6) is 0 Å². The molecule has 2 aliphatic carbocycles. The number of hydrogen-bond acceptors (Lipinski definition) is 1. The van der Waals surface area contributed by atoms with Gasteiger partial charge in [0.05, 0.1) is 16.5 Å². The van der Waals surface area contributed by atoms with E-state index in [0.29, 0.717) is 0 Å². The zero-order chi connectivity index (χ0) is 44.4. The molecule has 2 aliphatic rings. The van der Waals surface area contributed by atoms with Crippen LogP contribution in [0.4, 0.5) is 17.1 Å². The highest BCUT2D eigenvalue weighted by Gasteiger charge is 2.50. The maximum absolute atomic E-state index is 2.55. The molecule has 0 unspecified atom stereocenters. The van der Waals surface area contributed by atoms with Crippen molar-refractivity contribution in [1.29, 1.82) is 0 Å². The van der Waals surface area contributed by atoms with Crippen LogP contribution >= 0.6 is 0 Å². The first-order valence-corrected chi connectivity index (χ1v) is 23.3. The van der Waals surface area contributed by atoms with E-state index < -0.39 is 10.8 Å². The molecule has 0 fully saturated rings. The van der Waals surface area contributed by atoms with Crippen molar-refractivity contribution in [2.45, 2.75) is 10.8 Å². The molecule has 314 valence electrons. The molecule has 11 aromatic rings. The lowest BCUT2D eigenvalue weighted by Gasteiger charge is -2.36. The van der Waals surface area contributed by atoms with Gasteiger partial charge in [0.2, 0.25) is 0 Å². The van der Waals surface area contributed by atoms with E-state index in [9.17, 15) is 0 Å². The number of anilines is 3. The van der Waals surface area contributed by atoms with Crippen LogP contribution in [-0.4, -0.2) is 0 Å². The molecular formula is C66H45N. The van der Waals surface area contributed by atoms with Crippen molar-refractivity contribution in [3.63, 3.8) is 0 Å². The monoisotopic (exact) mass is 851 g/mol. The fourth-order valence-corrected chi connectivity index (χ4v) is 11.9. The molecule has 0 saturated heterocycles. The van der Waals surface area contributed by atoms with Crippen molar-refractivity contribution in [1.82, 2.24) is 0 Å². The van der Waals surface area contributed by atoms with Gasteiger partial charge in [-0.25, -0.2) is 0 Å². The highest BCUT2D eigenvalue weighted by atomic mass is 15.1. The molecule has 13 rings (SSSR count). The molecule has 67 heavy (non-hydrogen) atoms. The SMILES string of the molecule is c1ccc(-c2ccc(N(c3ccc4c(c3)C(c3ccccc3)(c3ccccc3)c3ccccc3-4)c3cc4ccccc4c4c3-c3ccccc3C4(c3ccccc3)c3ccccc3)cc2)cc1. The van der Waals surface area contributed by atoms with E-state index in [1.54, 1.807) is 0 Å². The van der Waals surface area contributed by atoms with Gasteiger partial charge in [-0.1, -0.05) is 243 Å². The lowest BCUT2D eigenvalue weighted by molar-refractivity contribution is 0.768. The van der Waals surface area contributed by atoms with Crippen molar-refractivity contribution < 1.29 is 0 Å². The minimum absolute atomic E-state index is 0.555. The summed E-state index contributed by atoms with van der Waals surface area (Å²) in [5.74, 6) is 0. The summed E-state index contributed by atoms with van der Waals surface area (Å²) in [6, 6.07) is 101. The van der Waals surface area contributed by atoms with Crippen molar-refractivity contribution >= 4 is 27.8 Å². The molecule has 0 spiro atoms. The van der Waals surface area contributed by atoms with Gasteiger partial charge < -0.3 is 4.90 Å². The highest BCUT2D eigenvalue weighted by Crippen LogP contribution is 2.63. The van der Waals surface area contributed by atoms with E-state index in [1.165, 1.54) is 88.7 Å². The smallest absolute Gasteiger partial charge is 0.0720 e. The molecule has 11 aromatic carbocycles. The minimum Gasteiger partial charge on any atom is -0.310 e. The Morgan fingerprint density at radius 1 is 0.284 bits per heavy atom. The lowest BCUT2D eigenvalue weighted by Crippen LogP contribution is -2.29. The molecular weight excluding hydrogens is 807 g/mol. The Balaban J connectivity index is 1.15. The average molecular weight is 852 g/mol. The van der Waals surface area contributed by atoms with Gasteiger partial charge in [-0.2, -0.15) is 0 Å². The predicted molar refractivity (Wildman–Crippen MR) is 279 cm³/mol. The third kappa shape index (κ3) is 5.75. The van der Waals surface area contributed by atoms with Crippen LogP contribution < -0.4 is 4.90 Å². The van der Waals surface area contributed by atoms with E-state index in [-0.39, 0.29) is 0 Å². The molecule has 0 amide bonds. The summed E-state index contributed by atoms with van der Waals surface area (Å²) in [7, 11) is 0. The molecule has 0 aliphatic heterocycles. The van der Waals surface area contributed by atoms with Crippen LogP contribution in [0.3, 0.4) is 0 Å². The Hall–Kier alpha value is -8.52. The van der Waals surface area contributed by atoms with Crippen molar-refractivity contribution in [2.24, 2.45) is 0 Å². The Morgan fingerprint density at radius 2 is 0.716 bits per heavy atom. The molecule has 0 radical (unpaired) electrons. The van der Waals surface area contributed by atoms with Crippen LogP contribution in [0.2, 0.25) is 0 Å². The molecule has 1 heteroatoms. The fraction of sp³-hybridized carbons (Fsp3) is 0.0303. The highest BCUT2D eigenvalue weighted by molar-refractivity contribution is 6.08. The molecule has 0 atom stereocenters. The van der Waals surface area contributed by atoms with Crippen molar-refractivity contribution in [3.05, 3.63) is 317 Å². The third-order valence-corrected chi connectivity index (χ3v) is 14.6. The van der Waals surface area contributed by atoms with Crippen molar-refractivity contribution in [3.8, 4) is 33.4 Å². The third-order valence-electron chi connectivity index (χ3n) is 14.6. The Bertz CT molecular complexity index is 3520. The Kier molecular flexibility index (Phi) is 9.05. The second-order valence-corrected chi connectivity index (χ2v) is 17.9. The van der Waals surface area contributed by atoms with E-state index in [2.05, 4.69) is 278 Å². The quantitative estimate of drug-likeness (QED) is 0.147. The summed E-state index contributed by atoms with van der Waals surface area (Å²) >= 11 is 0. The van der Waals surface area contributed by atoms with Crippen LogP contribution in [0.15, 0.2) is 273 Å². The number of rotatable bonds is 8. The van der Waals surface area contributed by atoms with Crippen LogP contribution in [0.25, 0.3) is 44.2 Å². The average Bonchev–Trinajstić information content (AvgIpc) is 3.89. The van der Waals surface area contributed by atoms with Gasteiger partial charge in [-0.3, -0.25) is 0 Å². The van der Waals surface area contributed by atoms with Gasteiger partial charge in [-0.15, -0.1) is 0 Å². The van der Waals surface area contributed by atoms with E-state index in [1.807, 2.05) is 0 Å². The normalized spacial score (nSPS) is 13.6. The molecule has 0 bridgehead atoms. The van der Waals surface area contributed by atoms with Gasteiger partial charge in [0.1, 0.15) is 0 Å². The number of benzene rings is 11. The summed E-state index contributed by atoms with van der Waals surface area (Å²) in [6.07, 6.45) is 0. The number of fused-ring (bicyclic) bond motifs is 8.